The molecule has 3 aromatic rings. The van der Waals surface area contributed by atoms with Gasteiger partial charge in [0.15, 0.2) is 0 Å². The van der Waals surface area contributed by atoms with Crippen LogP contribution >= 0.6 is 0 Å². The molecular weight excluding hydrogens is 360 g/mol. The molecule has 0 saturated carbocycles. The standard InChI is InChI=1S/C25H28N2O2/c1-28-23-12-5-8-20(18-23)25(27-16-7-14-26-15-17-27)21-9-6-13-24(19-21)29-22-10-3-2-4-11-22/h2-6,8-13,18-19,25-26H,7,14-17H2,1H3. The summed E-state index contributed by atoms with van der Waals surface area (Å²) in [7, 11) is 1.72. The molecule has 1 atom stereocenters. The number of hydrogen-bond acceptors (Lipinski definition) is 4. The van der Waals surface area contributed by atoms with Gasteiger partial charge in [0.05, 0.1) is 13.2 Å². The minimum atomic E-state index is 0.157. The number of methoxy groups -OCH3 is 1. The highest BCUT2D eigenvalue weighted by Crippen LogP contribution is 2.33. The second kappa shape index (κ2) is 9.59. The first-order valence-corrected chi connectivity index (χ1v) is 10.2. The van der Waals surface area contributed by atoms with E-state index in [9.17, 15) is 0 Å². The van der Waals surface area contributed by atoms with E-state index in [2.05, 4.69) is 46.6 Å². The first-order valence-electron chi connectivity index (χ1n) is 10.2. The maximum absolute atomic E-state index is 6.11. The lowest BCUT2D eigenvalue weighted by Gasteiger charge is -2.31. The minimum absolute atomic E-state index is 0.157. The zero-order valence-electron chi connectivity index (χ0n) is 16.9. The molecule has 1 heterocycles. The summed E-state index contributed by atoms with van der Waals surface area (Å²) in [6, 6.07) is 26.9. The molecule has 0 aliphatic carbocycles. The third-order valence-electron chi connectivity index (χ3n) is 5.30. The van der Waals surface area contributed by atoms with Crippen LogP contribution in [0.2, 0.25) is 0 Å². The zero-order chi connectivity index (χ0) is 19.9. The van der Waals surface area contributed by atoms with Crippen LogP contribution in [0.1, 0.15) is 23.6 Å². The Bertz CT molecular complexity index is 905. The van der Waals surface area contributed by atoms with Gasteiger partial charge in [0.2, 0.25) is 0 Å². The van der Waals surface area contributed by atoms with Gasteiger partial charge in [-0.2, -0.15) is 0 Å². The van der Waals surface area contributed by atoms with E-state index in [1.54, 1.807) is 7.11 Å². The highest BCUT2D eigenvalue weighted by Gasteiger charge is 2.24. The van der Waals surface area contributed by atoms with Crippen LogP contribution in [0, 0.1) is 0 Å². The van der Waals surface area contributed by atoms with Crippen LogP contribution in [-0.4, -0.2) is 38.2 Å². The zero-order valence-corrected chi connectivity index (χ0v) is 16.9. The van der Waals surface area contributed by atoms with Crippen molar-refractivity contribution in [3.63, 3.8) is 0 Å². The van der Waals surface area contributed by atoms with Crippen LogP contribution < -0.4 is 14.8 Å². The van der Waals surface area contributed by atoms with Gasteiger partial charge in [-0.1, -0.05) is 42.5 Å². The fraction of sp³-hybridized carbons (Fsp3) is 0.280. The van der Waals surface area contributed by atoms with Crippen molar-refractivity contribution >= 4 is 0 Å². The molecule has 1 aliphatic heterocycles. The van der Waals surface area contributed by atoms with Gasteiger partial charge < -0.3 is 14.8 Å². The first kappa shape index (κ1) is 19.5. The molecule has 4 heteroatoms. The molecule has 1 saturated heterocycles. The van der Waals surface area contributed by atoms with E-state index >= 15 is 0 Å². The van der Waals surface area contributed by atoms with Gasteiger partial charge in [0, 0.05) is 19.6 Å². The molecule has 0 aromatic heterocycles. The van der Waals surface area contributed by atoms with Crippen molar-refractivity contribution in [1.82, 2.24) is 10.2 Å². The molecule has 0 spiro atoms. The lowest BCUT2D eigenvalue weighted by atomic mass is 9.96. The Hall–Kier alpha value is -2.82. The number of nitrogens with zero attached hydrogens (tertiary/aromatic N) is 1. The average molecular weight is 389 g/mol. The molecule has 1 unspecified atom stereocenters. The van der Waals surface area contributed by atoms with Gasteiger partial charge in [0.25, 0.3) is 0 Å². The quantitative estimate of drug-likeness (QED) is 0.653. The number of hydrogen-bond donors (Lipinski definition) is 1. The van der Waals surface area contributed by atoms with E-state index in [4.69, 9.17) is 9.47 Å². The molecular formula is C25H28N2O2. The molecule has 1 fully saturated rings. The van der Waals surface area contributed by atoms with Crippen LogP contribution in [0.25, 0.3) is 0 Å². The largest absolute Gasteiger partial charge is 0.497 e. The Morgan fingerprint density at radius 2 is 1.45 bits per heavy atom. The molecule has 0 bridgehead atoms. The van der Waals surface area contributed by atoms with Crippen molar-refractivity contribution in [2.75, 3.05) is 33.3 Å². The Morgan fingerprint density at radius 1 is 0.759 bits per heavy atom. The van der Waals surface area contributed by atoms with Gasteiger partial charge >= 0.3 is 0 Å². The number of nitrogens with one attached hydrogen (secondary N) is 1. The summed E-state index contributed by atoms with van der Waals surface area (Å²) < 4.78 is 11.6. The highest BCUT2D eigenvalue weighted by molar-refractivity contribution is 5.41. The molecule has 0 amide bonds. The van der Waals surface area contributed by atoms with E-state index in [1.807, 2.05) is 42.5 Å². The smallest absolute Gasteiger partial charge is 0.127 e. The molecule has 150 valence electrons. The third-order valence-corrected chi connectivity index (χ3v) is 5.30. The minimum Gasteiger partial charge on any atom is -0.497 e. The van der Waals surface area contributed by atoms with E-state index in [0.717, 1.165) is 49.8 Å². The van der Waals surface area contributed by atoms with E-state index in [1.165, 1.54) is 11.1 Å². The van der Waals surface area contributed by atoms with E-state index < -0.39 is 0 Å². The summed E-state index contributed by atoms with van der Waals surface area (Å²) in [4.78, 5) is 2.55. The van der Waals surface area contributed by atoms with Gasteiger partial charge in [-0.15, -0.1) is 0 Å². The SMILES string of the molecule is COc1cccc(C(c2cccc(Oc3ccccc3)c2)N2CCCNCC2)c1. The fourth-order valence-corrected chi connectivity index (χ4v) is 3.92. The molecule has 3 aromatic carbocycles. The third kappa shape index (κ3) is 4.97. The summed E-state index contributed by atoms with van der Waals surface area (Å²) in [6.07, 6.45) is 1.14. The Kier molecular flexibility index (Phi) is 6.45. The number of rotatable bonds is 6. The lowest BCUT2D eigenvalue weighted by Crippen LogP contribution is -2.33. The van der Waals surface area contributed by atoms with E-state index in [0.29, 0.717) is 0 Å². The predicted octanol–water partition coefficient (Wildman–Crippen LogP) is 4.87. The summed E-state index contributed by atoms with van der Waals surface area (Å²) in [5, 5.41) is 3.51. The highest BCUT2D eigenvalue weighted by atomic mass is 16.5. The Balaban J connectivity index is 1.69. The normalized spacial score (nSPS) is 16.0. The van der Waals surface area contributed by atoms with Crippen LogP contribution in [0.5, 0.6) is 17.2 Å². The van der Waals surface area contributed by atoms with Crippen molar-refractivity contribution in [3.8, 4) is 17.2 Å². The summed E-state index contributed by atoms with van der Waals surface area (Å²) in [5.41, 5.74) is 2.47. The summed E-state index contributed by atoms with van der Waals surface area (Å²) in [5.74, 6) is 2.59. The second-order valence-electron chi connectivity index (χ2n) is 7.31. The lowest BCUT2D eigenvalue weighted by molar-refractivity contribution is 0.240. The Labute approximate surface area is 173 Å². The monoisotopic (exact) mass is 388 g/mol. The van der Waals surface area contributed by atoms with Crippen LogP contribution in [0.4, 0.5) is 0 Å². The second-order valence-corrected chi connectivity index (χ2v) is 7.31. The molecule has 1 aliphatic rings. The maximum atomic E-state index is 6.11. The maximum Gasteiger partial charge on any atom is 0.127 e. The number of benzene rings is 3. The van der Waals surface area contributed by atoms with Gasteiger partial charge in [0.1, 0.15) is 17.2 Å². The van der Waals surface area contributed by atoms with Gasteiger partial charge in [-0.05, 0) is 60.5 Å². The molecule has 4 nitrogen and oxygen atoms in total. The molecule has 29 heavy (non-hydrogen) atoms. The Morgan fingerprint density at radius 3 is 2.21 bits per heavy atom. The van der Waals surface area contributed by atoms with Crippen LogP contribution in [0.3, 0.4) is 0 Å². The van der Waals surface area contributed by atoms with Crippen molar-refractivity contribution in [2.45, 2.75) is 12.5 Å². The van der Waals surface area contributed by atoms with Crippen LogP contribution in [-0.2, 0) is 0 Å². The summed E-state index contributed by atoms with van der Waals surface area (Å²) >= 11 is 0. The van der Waals surface area contributed by atoms with E-state index in [-0.39, 0.29) is 6.04 Å². The van der Waals surface area contributed by atoms with Crippen LogP contribution in [0.15, 0.2) is 78.9 Å². The predicted molar refractivity (Wildman–Crippen MR) is 117 cm³/mol. The van der Waals surface area contributed by atoms with Crippen molar-refractivity contribution in [2.24, 2.45) is 0 Å². The first-order chi connectivity index (χ1) is 14.3. The van der Waals surface area contributed by atoms with Gasteiger partial charge in [-0.25, -0.2) is 0 Å². The fourth-order valence-electron chi connectivity index (χ4n) is 3.92. The number of ether oxygens (including phenoxy) is 2. The van der Waals surface area contributed by atoms with Crippen molar-refractivity contribution < 1.29 is 9.47 Å². The molecule has 4 rings (SSSR count). The topological polar surface area (TPSA) is 33.7 Å². The van der Waals surface area contributed by atoms with Gasteiger partial charge in [-0.3, -0.25) is 4.90 Å². The van der Waals surface area contributed by atoms with Crippen molar-refractivity contribution in [1.29, 1.82) is 0 Å². The summed E-state index contributed by atoms with van der Waals surface area (Å²) in [6.45, 7) is 4.13. The molecule has 0 radical (unpaired) electrons. The number of para-hydroxylation sites is 1. The average Bonchev–Trinajstić information content (AvgIpc) is 3.05. The van der Waals surface area contributed by atoms with Crippen molar-refractivity contribution in [3.05, 3.63) is 90.0 Å². The molecule has 1 N–H and O–H groups in total.